The Morgan fingerprint density at radius 3 is 2.46 bits per heavy atom. The molecule has 2 aliphatic heterocycles. The molecule has 2 aromatic rings. The predicted octanol–water partition coefficient (Wildman–Crippen LogP) is 5.57. The summed E-state index contributed by atoms with van der Waals surface area (Å²) in [7, 11) is 0. The van der Waals surface area contributed by atoms with Gasteiger partial charge in [0.1, 0.15) is 5.60 Å². The summed E-state index contributed by atoms with van der Waals surface area (Å²) in [5.41, 5.74) is 3.74. The van der Waals surface area contributed by atoms with E-state index < -0.39 is 5.60 Å². The molecule has 2 atom stereocenters. The number of aryl methyl sites for hydroxylation is 1. The molecule has 1 amide bonds. The van der Waals surface area contributed by atoms with Crippen LogP contribution in [0.3, 0.4) is 0 Å². The standard InChI is InChI=1S/C28H36N2O4.ClH/c1-5-33-26(31)24-19-29(17-20-11-7-6-8-12-20)18-23(24)22-15-9-13-21-14-10-16-30(25(21)22)27(32)34-28(2,3)4;/h6-9,11-13,15,23-24H,5,10,14,16-19H2,1-4H3;1H/t23-,24+;/m0./s1. The second-order valence-corrected chi connectivity index (χ2v) is 10.2. The lowest BCUT2D eigenvalue weighted by molar-refractivity contribution is -0.148. The van der Waals surface area contributed by atoms with Gasteiger partial charge in [0.25, 0.3) is 0 Å². The van der Waals surface area contributed by atoms with Crippen molar-refractivity contribution in [3.05, 3.63) is 65.2 Å². The fourth-order valence-corrected chi connectivity index (χ4v) is 5.14. The van der Waals surface area contributed by atoms with Crippen LogP contribution in [-0.4, -0.2) is 48.8 Å². The Kier molecular flexibility index (Phi) is 8.84. The number of halogens is 1. The van der Waals surface area contributed by atoms with Crippen LogP contribution < -0.4 is 4.90 Å². The highest BCUT2D eigenvalue weighted by atomic mass is 35.5. The van der Waals surface area contributed by atoms with Gasteiger partial charge < -0.3 is 9.47 Å². The molecule has 2 heterocycles. The van der Waals surface area contributed by atoms with Crippen LogP contribution >= 0.6 is 12.4 Å². The topological polar surface area (TPSA) is 59.1 Å². The molecule has 0 N–H and O–H groups in total. The number of para-hydroxylation sites is 1. The van der Waals surface area contributed by atoms with Crippen molar-refractivity contribution in [1.29, 1.82) is 0 Å². The molecule has 0 radical (unpaired) electrons. The Hall–Kier alpha value is -2.57. The lowest BCUT2D eigenvalue weighted by atomic mass is 9.84. The maximum absolute atomic E-state index is 13.2. The van der Waals surface area contributed by atoms with Crippen molar-refractivity contribution in [3.63, 3.8) is 0 Å². The maximum Gasteiger partial charge on any atom is 0.414 e. The number of esters is 1. The van der Waals surface area contributed by atoms with E-state index in [0.29, 0.717) is 19.7 Å². The van der Waals surface area contributed by atoms with Crippen molar-refractivity contribution in [2.75, 3.05) is 31.1 Å². The number of likely N-dealkylation sites (tertiary alicyclic amines) is 1. The van der Waals surface area contributed by atoms with Gasteiger partial charge in [-0.1, -0.05) is 48.5 Å². The van der Waals surface area contributed by atoms with Crippen LogP contribution in [0, 0.1) is 5.92 Å². The van der Waals surface area contributed by atoms with Crippen molar-refractivity contribution in [2.45, 2.75) is 58.6 Å². The van der Waals surface area contributed by atoms with Crippen LogP contribution in [0.15, 0.2) is 48.5 Å². The monoisotopic (exact) mass is 500 g/mol. The van der Waals surface area contributed by atoms with Gasteiger partial charge in [0, 0.05) is 32.1 Å². The number of ether oxygens (including phenoxy) is 2. The Bertz CT molecular complexity index is 1020. The second kappa shape index (κ2) is 11.4. The van der Waals surface area contributed by atoms with Crippen molar-refractivity contribution < 1.29 is 19.1 Å². The number of hydrogen-bond donors (Lipinski definition) is 0. The zero-order valence-corrected chi connectivity index (χ0v) is 22.0. The fraction of sp³-hybridized carbons (Fsp3) is 0.500. The van der Waals surface area contributed by atoms with E-state index in [1.54, 1.807) is 4.90 Å². The zero-order chi connectivity index (χ0) is 24.3. The van der Waals surface area contributed by atoms with E-state index in [1.807, 2.05) is 45.9 Å². The van der Waals surface area contributed by atoms with Crippen LogP contribution in [0.25, 0.3) is 0 Å². The Labute approximate surface area is 215 Å². The minimum Gasteiger partial charge on any atom is -0.466 e. The first-order chi connectivity index (χ1) is 16.3. The molecule has 35 heavy (non-hydrogen) atoms. The number of nitrogens with zero attached hydrogens (tertiary/aromatic N) is 2. The zero-order valence-electron chi connectivity index (χ0n) is 21.2. The largest absolute Gasteiger partial charge is 0.466 e. The molecule has 1 fully saturated rings. The van der Waals surface area contributed by atoms with Crippen LogP contribution in [0.1, 0.15) is 56.7 Å². The summed E-state index contributed by atoms with van der Waals surface area (Å²) in [5.74, 6) is -0.501. The van der Waals surface area contributed by atoms with Gasteiger partial charge in [0.15, 0.2) is 0 Å². The van der Waals surface area contributed by atoms with E-state index in [2.05, 4.69) is 35.2 Å². The summed E-state index contributed by atoms with van der Waals surface area (Å²) in [6.07, 6.45) is 1.47. The minimum absolute atomic E-state index is 0. The number of anilines is 1. The number of rotatable bonds is 5. The third-order valence-electron chi connectivity index (χ3n) is 6.50. The van der Waals surface area contributed by atoms with Gasteiger partial charge in [-0.3, -0.25) is 14.6 Å². The molecule has 6 nitrogen and oxygen atoms in total. The Balaban J connectivity index is 0.00000342. The normalized spacial score (nSPS) is 20.1. The fourth-order valence-electron chi connectivity index (χ4n) is 5.14. The Morgan fingerprint density at radius 2 is 1.77 bits per heavy atom. The Morgan fingerprint density at radius 1 is 1.03 bits per heavy atom. The molecule has 0 aliphatic carbocycles. The molecule has 0 aromatic heterocycles. The van der Waals surface area contributed by atoms with E-state index in [1.165, 1.54) is 5.56 Å². The molecule has 0 bridgehead atoms. The van der Waals surface area contributed by atoms with E-state index in [-0.39, 0.29) is 36.3 Å². The summed E-state index contributed by atoms with van der Waals surface area (Å²) >= 11 is 0. The lowest BCUT2D eigenvalue weighted by Crippen LogP contribution is -2.41. The van der Waals surface area contributed by atoms with Gasteiger partial charge in [0.05, 0.1) is 18.2 Å². The summed E-state index contributed by atoms with van der Waals surface area (Å²) in [4.78, 5) is 30.3. The van der Waals surface area contributed by atoms with Crippen molar-refractivity contribution in [2.24, 2.45) is 5.92 Å². The molecule has 0 saturated carbocycles. The van der Waals surface area contributed by atoms with Gasteiger partial charge in [-0.05, 0) is 57.2 Å². The predicted molar refractivity (Wildman–Crippen MR) is 140 cm³/mol. The van der Waals surface area contributed by atoms with Crippen LogP contribution in [0.5, 0.6) is 0 Å². The second-order valence-electron chi connectivity index (χ2n) is 10.2. The molecule has 190 valence electrons. The summed E-state index contributed by atoms with van der Waals surface area (Å²) in [6.45, 7) is 10.6. The highest BCUT2D eigenvalue weighted by molar-refractivity contribution is 5.91. The van der Waals surface area contributed by atoms with E-state index in [9.17, 15) is 9.59 Å². The molecule has 4 rings (SSSR count). The highest BCUT2D eigenvalue weighted by Gasteiger charge is 2.42. The average Bonchev–Trinajstić information content (AvgIpc) is 3.21. The number of amides is 1. The third-order valence-corrected chi connectivity index (χ3v) is 6.50. The van der Waals surface area contributed by atoms with E-state index in [0.717, 1.165) is 42.7 Å². The number of hydrogen-bond acceptors (Lipinski definition) is 5. The van der Waals surface area contributed by atoms with E-state index in [4.69, 9.17) is 9.47 Å². The number of fused-ring (bicyclic) bond motifs is 1. The first kappa shape index (κ1) is 27.0. The smallest absolute Gasteiger partial charge is 0.414 e. The molecular weight excluding hydrogens is 464 g/mol. The van der Waals surface area contributed by atoms with Gasteiger partial charge >= 0.3 is 12.1 Å². The van der Waals surface area contributed by atoms with Gasteiger partial charge in [0.2, 0.25) is 0 Å². The van der Waals surface area contributed by atoms with Gasteiger partial charge in [-0.25, -0.2) is 4.79 Å². The molecule has 2 aromatic carbocycles. The maximum atomic E-state index is 13.2. The summed E-state index contributed by atoms with van der Waals surface area (Å²) < 4.78 is 11.2. The number of carbonyl (C=O) groups excluding carboxylic acids is 2. The van der Waals surface area contributed by atoms with Gasteiger partial charge in [-0.2, -0.15) is 0 Å². The molecule has 2 aliphatic rings. The average molecular weight is 501 g/mol. The molecule has 1 saturated heterocycles. The quantitative estimate of drug-likeness (QED) is 0.502. The van der Waals surface area contributed by atoms with E-state index >= 15 is 0 Å². The molecule has 0 unspecified atom stereocenters. The highest BCUT2D eigenvalue weighted by Crippen LogP contribution is 2.42. The minimum atomic E-state index is -0.572. The van der Waals surface area contributed by atoms with Crippen LogP contribution in [0.4, 0.5) is 10.5 Å². The third kappa shape index (κ3) is 6.36. The van der Waals surface area contributed by atoms with Crippen molar-refractivity contribution in [1.82, 2.24) is 4.90 Å². The lowest BCUT2D eigenvalue weighted by Gasteiger charge is -2.35. The van der Waals surface area contributed by atoms with Crippen LogP contribution in [-0.2, 0) is 27.2 Å². The van der Waals surface area contributed by atoms with Crippen molar-refractivity contribution in [3.8, 4) is 0 Å². The van der Waals surface area contributed by atoms with Gasteiger partial charge in [-0.15, -0.1) is 12.4 Å². The SMILES string of the molecule is CCOC(=O)[C@@H]1CN(Cc2ccccc2)C[C@H]1c1cccc2c1N(C(=O)OC(C)(C)C)CCC2.Cl. The number of benzene rings is 2. The molecular formula is C28H37ClN2O4. The molecule has 7 heteroatoms. The first-order valence-corrected chi connectivity index (χ1v) is 12.3. The summed E-state index contributed by atoms with van der Waals surface area (Å²) in [5, 5.41) is 0. The first-order valence-electron chi connectivity index (χ1n) is 12.3. The summed E-state index contributed by atoms with van der Waals surface area (Å²) in [6, 6.07) is 16.5. The van der Waals surface area contributed by atoms with Crippen molar-refractivity contribution >= 4 is 30.2 Å². The molecule has 0 spiro atoms. The number of carbonyl (C=O) groups is 2. The van der Waals surface area contributed by atoms with Crippen LogP contribution in [0.2, 0.25) is 0 Å².